The lowest BCUT2D eigenvalue weighted by molar-refractivity contribution is -0.121. The molecule has 0 saturated heterocycles. The first-order valence-electron chi connectivity index (χ1n) is 9.75. The van der Waals surface area contributed by atoms with E-state index in [1.807, 2.05) is 62.4 Å². The Morgan fingerprint density at radius 3 is 2.72 bits per heavy atom. The summed E-state index contributed by atoms with van der Waals surface area (Å²) in [5.41, 5.74) is 3.78. The lowest BCUT2D eigenvalue weighted by atomic mass is 10.00. The van der Waals surface area contributed by atoms with Gasteiger partial charge in [0, 0.05) is 12.0 Å². The molecule has 1 atom stereocenters. The van der Waals surface area contributed by atoms with Crippen LogP contribution in [0.4, 0.5) is 0 Å². The minimum Gasteiger partial charge on any atom is -0.493 e. The van der Waals surface area contributed by atoms with E-state index in [0.717, 1.165) is 46.1 Å². The highest BCUT2D eigenvalue weighted by Gasteiger charge is 2.22. The lowest BCUT2D eigenvalue weighted by Gasteiger charge is -2.26. The Morgan fingerprint density at radius 1 is 1.17 bits per heavy atom. The predicted molar refractivity (Wildman–Crippen MR) is 108 cm³/mol. The number of amides is 1. The van der Waals surface area contributed by atoms with E-state index in [-0.39, 0.29) is 11.9 Å². The van der Waals surface area contributed by atoms with E-state index in [1.54, 1.807) is 0 Å². The SMILES string of the molecule is Cc1noc(C)c1COc1ccc(CC(=O)N[C@H]2CCOc3ccccc32)cc1. The molecular formula is C23H24N2O4. The van der Waals surface area contributed by atoms with Crippen LogP contribution in [0.25, 0.3) is 0 Å². The first kappa shape index (κ1) is 19.1. The van der Waals surface area contributed by atoms with E-state index in [0.29, 0.717) is 19.6 Å². The first-order valence-corrected chi connectivity index (χ1v) is 9.75. The average Bonchev–Trinajstić information content (AvgIpc) is 3.05. The van der Waals surface area contributed by atoms with Crippen LogP contribution in [-0.2, 0) is 17.8 Å². The Kier molecular flexibility index (Phi) is 5.51. The Hall–Kier alpha value is -3.28. The topological polar surface area (TPSA) is 73.6 Å². The summed E-state index contributed by atoms with van der Waals surface area (Å²) in [6, 6.07) is 15.4. The first-order chi connectivity index (χ1) is 14.1. The van der Waals surface area contributed by atoms with Crippen LogP contribution in [0.5, 0.6) is 11.5 Å². The van der Waals surface area contributed by atoms with Gasteiger partial charge in [0.15, 0.2) is 0 Å². The van der Waals surface area contributed by atoms with Crippen molar-refractivity contribution in [2.75, 3.05) is 6.61 Å². The molecule has 1 aliphatic heterocycles. The van der Waals surface area contributed by atoms with Crippen LogP contribution in [0.1, 0.15) is 40.6 Å². The molecule has 1 aromatic heterocycles. The Bertz CT molecular complexity index is 975. The molecular weight excluding hydrogens is 368 g/mol. The molecule has 6 nitrogen and oxygen atoms in total. The van der Waals surface area contributed by atoms with Crippen LogP contribution in [0.15, 0.2) is 53.1 Å². The van der Waals surface area contributed by atoms with E-state index >= 15 is 0 Å². The molecule has 0 fully saturated rings. The molecule has 1 amide bonds. The number of aromatic nitrogens is 1. The smallest absolute Gasteiger partial charge is 0.224 e. The number of hydrogen-bond acceptors (Lipinski definition) is 5. The van der Waals surface area contributed by atoms with Gasteiger partial charge in [-0.2, -0.15) is 0 Å². The third kappa shape index (κ3) is 4.42. The van der Waals surface area contributed by atoms with Crippen LogP contribution in [-0.4, -0.2) is 17.7 Å². The van der Waals surface area contributed by atoms with Gasteiger partial charge in [0.25, 0.3) is 0 Å². The zero-order valence-electron chi connectivity index (χ0n) is 16.6. The maximum atomic E-state index is 12.5. The predicted octanol–water partition coefficient (Wildman–Crippen LogP) is 4.05. The molecule has 6 heteroatoms. The number of carbonyl (C=O) groups is 1. The molecule has 1 N–H and O–H groups in total. The number of nitrogens with zero attached hydrogens (tertiary/aromatic N) is 1. The van der Waals surface area contributed by atoms with Crippen molar-refractivity contribution in [1.82, 2.24) is 10.5 Å². The number of fused-ring (bicyclic) bond motifs is 1. The summed E-state index contributed by atoms with van der Waals surface area (Å²) in [4.78, 5) is 12.5. The molecule has 0 bridgehead atoms. The fourth-order valence-electron chi connectivity index (χ4n) is 3.49. The fraction of sp³-hybridized carbons (Fsp3) is 0.304. The molecule has 0 radical (unpaired) electrons. The second-order valence-electron chi connectivity index (χ2n) is 7.21. The van der Waals surface area contributed by atoms with Gasteiger partial charge in [0.05, 0.1) is 30.3 Å². The standard InChI is InChI=1S/C23H24N2O4/c1-15-20(16(2)29-25-15)14-28-18-9-7-17(8-10-18)13-23(26)24-21-11-12-27-22-6-4-3-5-19(21)22/h3-10,21H,11-14H2,1-2H3,(H,24,26)/t21-/m0/s1. The van der Waals surface area contributed by atoms with Crippen molar-refractivity contribution >= 4 is 5.91 Å². The Labute approximate surface area is 169 Å². The van der Waals surface area contributed by atoms with Gasteiger partial charge < -0.3 is 19.3 Å². The van der Waals surface area contributed by atoms with Crippen molar-refractivity contribution in [2.24, 2.45) is 0 Å². The molecule has 3 aromatic rings. The number of aryl methyl sites for hydroxylation is 2. The van der Waals surface area contributed by atoms with Crippen molar-refractivity contribution in [2.45, 2.75) is 39.3 Å². The van der Waals surface area contributed by atoms with Gasteiger partial charge >= 0.3 is 0 Å². The zero-order chi connectivity index (χ0) is 20.2. The Balaban J connectivity index is 1.33. The van der Waals surface area contributed by atoms with Gasteiger partial charge in [-0.3, -0.25) is 4.79 Å². The van der Waals surface area contributed by atoms with Crippen LogP contribution in [0.2, 0.25) is 0 Å². The lowest BCUT2D eigenvalue weighted by Crippen LogP contribution is -2.33. The molecule has 2 heterocycles. The van der Waals surface area contributed by atoms with E-state index in [1.165, 1.54) is 0 Å². The van der Waals surface area contributed by atoms with Crippen molar-refractivity contribution in [1.29, 1.82) is 0 Å². The van der Waals surface area contributed by atoms with Crippen molar-refractivity contribution in [3.8, 4) is 11.5 Å². The third-order valence-corrected chi connectivity index (χ3v) is 5.15. The van der Waals surface area contributed by atoms with Gasteiger partial charge in [-0.15, -0.1) is 0 Å². The molecule has 0 saturated carbocycles. The number of rotatable bonds is 6. The summed E-state index contributed by atoms with van der Waals surface area (Å²) in [5.74, 6) is 2.36. The fourth-order valence-corrected chi connectivity index (χ4v) is 3.49. The molecule has 150 valence electrons. The molecule has 1 aliphatic rings. The molecule has 4 rings (SSSR count). The summed E-state index contributed by atoms with van der Waals surface area (Å²) in [7, 11) is 0. The van der Waals surface area contributed by atoms with Crippen LogP contribution in [0, 0.1) is 13.8 Å². The van der Waals surface area contributed by atoms with Crippen LogP contribution in [0.3, 0.4) is 0 Å². The van der Waals surface area contributed by atoms with E-state index in [9.17, 15) is 4.79 Å². The second kappa shape index (κ2) is 8.39. The van der Waals surface area contributed by atoms with E-state index < -0.39 is 0 Å². The largest absolute Gasteiger partial charge is 0.493 e. The minimum absolute atomic E-state index is 0.00362. The molecule has 0 spiro atoms. The molecule has 2 aromatic carbocycles. The second-order valence-corrected chi connectivity index (χ2v) is 7.21. The van der Waals surface area contributed by atoms with Crippen molar-refractivity contribution in [3.63, 3.8) is 0 Å². The highest BCUT2D eigenvalue weighted by atomic mass is 16.5. The number of nitrogens with one attached hydrogen (secondary N) is 1. The number of ether oxygens (including phenoxy) is 2. The molecule has 0 aliphatic carbocycles. The zero-order valence-corrected chi connectivity index (χ0v) is 16.6. The quantitative estimate of drug-likeness (QED) is 0.685. The monoisotopic (exact) mass is 392 g/mol. The molecule has 29 heavy (non-hydrogen) atoms. The van der Waals surface area contributed by atoms with Crippen molar-refractivity contribution < 1.29 is 18.8 Å². The van der Waals surface area contributed by atoms with Crippen LogP contribution >= 0.6 is 0 Å². The van der Waals surface area contributed by atoms with Crippen molar-refractivity contribution in [3.05, 3.63) is 76.7 Å². The normalized spacial score (nSPS) is 15.3. The Morgan fingerprint density at radius 2 is 1.97 bits per heavy atom. The maximum absolute atomic E-state index is 12.5. The number of hydrogen-bond donors (Lipinski definition) is 1. The molecule has 0 unspecified atom stereocenters. The van der Waals surface area contributed by atoms with Gasteiger partial charge in [0.1, 0.15) is 23.9 Å². The summed E-state index contributed by atoms with van der Waals surface area (Å²) in [6.07, 6.45) is 1.10. The highest BCUT2D eigenvalue weighted by Crippen LogP contribution is 2.31. The van der Waals surface area contributed by atoms with E-state index in [4.69, 9.17) is 14.0 Å². The highest BCUT2D eigenvalue weighted by molar-refractivity contribution is 5.79. The third-order valence-electron chi connectivity index (χ3n) is 5.15. The van der Waals surface area contributed by atoms with Gasteiger partial charge in [0.2, 0.25) is 5.91 Å². The minimum atomic E-state index is -0.00916. The maximum Gasteiger partial charge on any atom is 0.224 e. The number of benzene rings is 2. The number of carbonyl (C=O) groups excluding carboxylic acids is 1. The summed E-state index contributed by atoms with van der Waals surface area (Å²) < 4.78 is 16.6. The van der Waals surface area contributed by atoms with Gasteiger partial charge in [-0.05, 0) is 37.6 Å². The number of para-hydroxylation sites is 1. The van der Waals surface area contributed by atoms with Gasteiger partial charge in [-0.25, -0.2) is 0 Å². The summed E-state index contributed by atoms with van der Waals surface area (Å²) >= 11 is 0. The van der Waals surface area contributed by atoms with E-state index in [2.05, 4.69) is 10.5 Å². The summed E-state index contributed by atoms with van der Waals surface area (Å²) in [5, 5.41) is 7.06. The van der Waals surface area contributed by atoms with Gasteiger partial charge in [-0.1, -0.05) is 35.5 Å². The summed E-state index contributed by atoms with van der Waals surface area (Å²) in [6.45, 7) is 4.79. The van der Waals surface area contributed by atoms with Crippen LogP contribution < -0.4 is 14.8 Å². The average molecular weight is 392 g/mol.